The molecule has 0 saturated carbocycles. The van der Waals surface area contributed by atoms with Crippen LogP contribution in [0.5, 0.6) is 5.75 Å². The number of rotatable bonds is 7. The van der Waals surface area contributed by atoms with Gasteiger partial charge in [-0.3, -0.25) is 14.6 Å². The summed E-state index contributed by atoms with van der Waals surface area (Å²) in [6.07, 6.45) is 2.10. The van der Waals surface area contributed by atoms with Gasteiger partial charge < -0.3 is 19.3 Å². The molecule has 0 aliphatic carbocycles. The maximum absolute atomic E-state index is 12.4. The molecule has 2 N–H and O–H groups in total. The van der Waals surface area contributed by atoms with Crippen molar-refractivity contribution in [1.29, 1.82) is 0 Å². The van der Waals surface area contributed by atoms with Crippen molar-refractivity contribution in [1.82, 2.24) is 19.4 Å². The van der Waals surface area contributed by atoms with Crippen molar-refractivity contribution >= 4 is 44.9 Å². The average Bonchev–Trinajstić information content (AvgIpc) is 3.64. The van der Waals surface area contributed by atoms with Gasteiger partial charge in [0.25, 0.3) is 0 Å². The molecule has 6 rings (SSSR count). The Kier molecular flexibility index (Phi) is 7.18. The fourth-order valence-electron chi connectivity index (χ4n) is 4.52. The van der Waals surface area contributed by atoms with Crippen molar-refractivity contribution in [2.75, 3.05) is 50.1 Å². The normalized spacial score (nSPS) is 14.6. The van der Waals surface area contributed by atoms with E-state index in [4.69, 9.17) is 19.0 Å². The topological polar surface area (TPSA) is 106 Å². The largest absolute Gasteiger partial charge is 0.492 e. The summed E-state index contributed by atoms with van der Waals surface area (Å²) in [5, 5.41) is 9.47. The van der Waals surface area contributed by atoms with Gasteiger partial charge in [-0.2, -0.15) is 0 Å². The monoisotopic (exact) mass is 560 g/mol. The first-order valence-corrected chi connectivity index (χ1v) is 14.1. The van der Waals surface area contributed by atoms with Crippen LogP contribution in [0.2, 0.25) is 0 Å². The van der Waals surface area contributed by atoms with E-state index >= 15 is 0 Å². The first kappa shape index (κ1) is 26.3. The molecule has 4 heterocycles. The number of nitrogens with zero attached hydrogens (tertiary/aromatic N) is 4. The Morgan fingerprint density at radius 2 is 1.88 bits per heavy atom. The highest BCUT2D eigenvalue weighted by atomic mass is 32.1. The van der Waals surface area contributed by atoms with Gasteiger partial charge in [0.05, 0.1) is 29.1 Å². The molecule has 0 spiro atoms. The van der Waals surface area contributed by atoms with Gasteiger partial charge in [0.1, 0.15) is 18.1 Å². The lowest BCUT2D eigenvalue weighted by Crippen LogP contribution is -2.38. The molecular weight excluding hydrogens is 528 g/mol. The lowest BCUT2D eigenvalue weighted by molar-refractivity contribution is 0.0322. The van der Waals surface area contributed by atoms with Gasteiger partial charge >= 0.3 is 6.03 Å². The highest BCUT2D eigenvalue weighted by Crippen LogP contribution is 2.33. The molecule has 40 heavy (non-hydrogen) atoms. The fourth-order valence-corrected chi connectivity index (χ4v) is 5.52. The van der Waals surface area contributed by atoms with E-state index in [-0.39, 0.29) is 11.4 Å². The van der Waals surface area contributed by atoms with Crippen LogP contribution in [-0.4, -0.2) is 64.9 Å². The van der Waals surface area contributed by atoms with E-state index in [1.165, 1.54) is 0 Å². The first-order chi connectivity index (χ1) is 19.3. The summed E-state index contributed by atoms with van der Waals surface area (Å²) in [6.45, 7) is 11.1. The number of nitrogens with one attached hydrogen (secondary N) is 2. The van der Waals surface area contributed by atoms with Gasteiger partial charge in [0.15, 0.2) is 10.8 Å². The second kappa shape index (κ2) is 10.9. The van der Waals surface area contributed by atoms with E-state index in [9.17, 15) is 4.79 Å². The van der Waals surface area contributed by atoms with Gasteiger partial charge in [-0.05, 0) is 29.8 Å². The summed E-state index contributed by atoms with van der Waals surface area (Å²) in [5.41, 5.74) is 3.48. The summed E-state index contributed by atoms with van der Waals surface area (Å²) in [7, 11) is 0. The fraction of sp³-hybridized carbons (Fsp3) is 0.345. The number of thiazole rings is 1. The molecule has 2 amide bonds. The number of carbonyl (C=O) groups excluding carboxylic acids is 1. The third-order valence-corrected chi connectivity index (χ3v) is 7.81. The SMILES string of the molecule is CC(C)(C)c1cc(NC(=O)Nc2ccc(-c3cn4c(nc5cc(OCCN6CCOCC6)ccc54)s3)cc2)no1. The van der Waals surface area contributed by atoms with Crippen LogP contribution < -0.4 is 15.4 Å². The van der Waals surface area contributed by atoms with Crippen LogP contribution in [0.25, 0.3) is 26.4 Å². The van der Waals surface area contributed by atoms with E-state index in [0.717, 1.165) is 65.0 Å². The van der Waals surface area contributed by atoms with Gasteiger partial charge in [-0.15, -0.1) is 0 Å². The predicted molar refractivity (Wildman–Crippen MR) is 157 cm³/mol. The number of urea groups is 1. The van der Waals surface area contributed by atoms with Crippen molar-refractivity contribution in [3.05, 3.63) is 60.5 Å². The maximum atomic E-state index is 12.4. The number of benzene rings is 2. The van der Waals surface area contributed by atoms with E-state index in [0.29, 0.717) is 23.9 Å². The van der Waals surface area contributed by atoms with Crippen LogP contribution in [0.1, 0.15) is 26.5 Å². The smallest absolute Gasteiger partial charge is 0.324 e. The third-order valence-electron chi connectivity index (χ3n) is 6.77. The highest BCUT2D eigenvalue weighted by Gasteiger charge is 2.20. The molecule has 0 radical (unpaired) electrons. The molecule has 2 aromatic carbocycles. The molecule has 10 nitrogen and oxygen atoms in total. The van der Waals surface area contributed by atoms with Crippen LogP contribution in [0.3, 0.4) is 0 Å². The summed E-state index contributed by atoms with van der Waals surface area (Å²) in [6, 6.07) is 15.1. The molecule has 0 bridgehead atoms. The zero-order chi connectivity index (χ0) is 27.7. The van der Waals surface area contributed by atoms with E-state index < -0.39 is 0 Å². The minimum atomic E-state index is -0.382. The molecule has 1 saturated heterocycles. The molecule has 0 atom stereocenters. The summed E-state index contributed by atoms with van der Waals surface area (Å²) in [5.74, 6) is 1.91. The van der Waals surface area contributed by atoms with Crippen molar-refractivity contribution < 1.29 is 18.8 Å². The van der Waals surface area contributed by atoms with Gasteiger partial charge in [-0.25, -0.2) is 9.78 Å². The molecule has 3 aromatic heterocycles. The van der Waals surface area contributed by atoms with E-state index in [1.807, 2.05) is 57.2 Å². The summed E-state index contributed by atoms with van der Waals surface area (Å²) >= 11 is 1.62. The maximum Gasteiger partial charge on any atom is 0.324 e. The Morgan fingerprint density at radius 1 is 1.07 bits per heavy atom. The van der Waals surface area contributed by atoms with Gasteiger partial charge in [0.2, 0.25) is 0 Å². The predicted octanol–water partition coefficient (Wildman–Crippen LogP) is 5.86. The molecular formula is C29H32N6O4S. The zero-order valence-electron chi connectivity index (χ0n) is 22.8. The average molecular weight is 561 g/mol. The van der Waals surface area contributed by atoms with Crippen LogP contribution in [0.4, 0.5) is 16.3 Å². The van der Waals surface area contributed by atoms with Crippen molar-refractivity contribution in [2.45, 2.75) is 26.2 Å². The number of anilines is 2. The Labute approximate surface area is 235 Å². The van der Waals surface area contributed by atoms with E-state index in [2.05, 4.69) is 37.4 Å². The van der Waals surface area contributed by atoms with Gasteiger partial charge in [0, 0.05) is 49.1 Å². The molecule has 1 aliphatic rings. The zero-order valence-corrected chi connectivity index (χ0v) is 23.6. The Balaban J connectivity index is 1.08. The quantitative estimate of drug-likeness (QED) is 0.257. The number of fused-ring (bicyclic) bond motifs is 3. The second-order valence-electron chi connectivity index (χ2n) is 10.8. The number of aromatic nitrogens is 3. The van der Waals surface area contributed by atoms with Gasteiger partial charge in [-0.1, -0.05) is 49.4 Å². The number of carbonyl (C=O) groups is 1. The molecule has 1 aliphatic heterocycles. The molecule has 5 aromatic rings. The molecule has 11 heteroatoms. The highest BCUT2D eigenvalue weighted by molar-refractivity contribution is 7.20. The lowest BCUT2D eigenvalue weighted by Gasteiger charge is -2.26. The van der Waals surface area contributed by atoms with Crippen molar-refractivity contribution in [2.24, 2.45) is 0 Å². The third kappa shape index (κ3) is 5.81. The number of hydrogen-bond donors (Lipinski definition) is 2. The first-order valence-electron chi connectivity index (χ1n) is 13.3. The summed E-state index contributed by atoms with van der Waals surface area (Å²) < 4.78 is 18.8. The second-order valence-corrected chi connectivity index (χ2v) is 11.8. The van der Waals surface area contributed by atoms with Crippen LogP contribution in [-0.2, 0) is 10.2 Å². The Morgan fingerprint density at radius 3 is 2.62 bits per heavy atom. The molecule has 0 unspecified atom stereocenters. The van der Waals surface area contributed by atoms with Crippen LogP contribution >= 0.6 is 11.3 Å². The van der Waals surface area contributed by atoms with Crippen molar-refractivity contribution in [3.8, 4) is 16.2 Å². The minimum absolute atomic E-state index is 0.185. The Bertz CT molecular complexity index is 1630. The van der Waals surface area contributed by atoms with Crippen molar-refractivity contribution in [3.63, 3.8) is 0 Å². The number of hydrogen-bond acceptors (Lipinski definition) is 8. The lowest BCUT2D eigenvalue weighted by atomic mass is 9.93. The number of imidazole rings is 1. The number of ether oxygens (including phenoxy) is 2. The molecule has 208 valence electrons. The van der Waals surface area contributed by atoms with Crippen LogP contribution in [0, 0.1) is 0 Å². The minimum Gasteiger partial charge on any atom is -0.492 e. The number of amides is 2. The van der Waals surface area contributed by atoms with Crippen LogP contribution in [0.15, 0.2) is 59.3 Å². The van der Waals surface area contributed by atoms with E-state index in [1.54, 1.807) is 17.4 Å². The summed E-state index contributed by atoms with van der Waals surface area (Å²) in [4.78, 5) is 21.6. The Hall–Kier alpha value is -3.93. The molecule has 1 fully saturated rings. The number of morpholine rings is 1. The standard InChI is InChI=1S/C29H32N6O4S/c1-29(2,3)25-17-26(33-39-25)32-27(36)30-20-6-4-19(5-7-20)24-18-35-23-9-8-21(16-22(23)31-28(35)40-24)38-15-12-34-10-13-37-14-11-34/h4-9,16-18H,10-15H2,1-3H3,(H2,30,32,33,36).